The fraction of sp³-hybridized carbons (Fsp3) is 0.143. The van der Waals surface area contributed by atoms with Crippen LogP contribution in [0.1, 0.15) is 15.9 Å². The van der Waals surface area contributed by atoms with Crippen molar-refractivity contribution in [3.63, 3.8) is 0 Å². The van der Waals surface area contributed by atoms with Gasteiger partial charge in [-0.15, -0.1) is 0 Å². The smallest absolute Gasteiger partial charge is 0.319 e. The van der Waals surface area contributed by atoms with Crippen LogP contribution >= 0.6 is 0 Å². The highest BCUT2D eigenvalue weighted by atomic mass is 32.2. The number of nitrogens with one attached hydrogen (secondary N) is 1. The molecule has 2 aromatic rings. The lowest BCUT2D eigenvalue weighted by atomic mass is 10.1. The molecule has 0 saturated carbocycles. The van der Waals surface area contributed by atoms with Crippen molar-refractivity contribution in [1.29, 1.82) is 0 Å². The summed E-state index contributed by atoms with van der Waals surface area (Å²) in [6.45, 7) is 1.89. The van der Waals surface area contributed by atoms with Crippen LogP contribution in [0.25, 0.3) is 5.69 Å². The molecular weight excluding hydrogens is 304 g/mol. The van der Waals surface area contributed by atoms with Crippen LogP contribution < -0.4 is 5.32 Å². The summed E-state index contributed by atoms with van der Waals surface area (Å²) in [5, 5.41) is 2.34. The number of rotatable bonds is 2. The van der Waals surface area contributed by atoms with Gasteiger partial charge in [-0.05, 0) is 42.8 Å². The number of aliphatic imine (C=N–C) groups is 1. The SMILES string of the molecule is CN=C(N=S(=O)=O)NC(=O)c1ccc(-n2cccc2)c(C)c1. The van der Waals surface area contributed by atoms with Crippen LogP contribution in [0.15, 0.2) is 52.1 Å². The summed E-state index contributed by atoms with van der Waals surface area (Å²) in [4.78, 5) is 15.7. The first kappa shape index (κ1) is 15.6. The van der Waals surface area contributed by atoms with E-state index in [2.05, 4.69) is 14.7 Å². The number of guanidine groups is 1. The highest BCUT2D eigenvalue weighted by molar-refractivity contribution is 7.62. The monoisotopic (exact) mass is 318 g/mol. The first-order chi connectivity index (χ1) is 10.5. The molecule has 114 valence electrons. The topological polar surface area (TPSA) is 92.9 Å². The van der Waals surface area contributed by atoms with E-state index >= 15 is 0 Å². The zero-order valence-corrected chi connectivity index (χ0v) is 12.8. The molecule has 0 radical (unpaired) electrons. The van der Waals surface area contributed by atoms with Crippen LogP contribution in [0.5, 0.6) is 0 Å². The highest BCUT2D eigenvalue weighted by Gasteiger charge is 2.10. The van der Waals surface area contributed by atoms with E-state index in [1.807, 2.05) is 42.1 Å². The second kappa shape index (κ2) is 6.81. The van der Waals surface area contributed by atoms with Crippen molar-refractivity contribution in [2.24, 2.45) is 9.36 Å². The molecule has 1 aromatic heterocycles. The largest absolute Gasteiger partial charge is 0.324 e. The third-order valence-corrected chi connectivity index (χ3v) is 3.26. The minimum Gasteiger partial charge on any atom is -0.324 e. The maximum absolute atomic E-state index is 12.1. The lowest BCUT2D eigenvalue weighted by Gasteiger charge is -2.09. The molecule has 0 aliphatic heterocycles. The molecule has 0 spiro atoms. The quantitative estimate of drug-likeness (QED) is 0.672. The normalized spacial score (nSPS) is 11.1. The summed E-state index contributed by atoms with van der Waals surface area (Å²) >= 11 is 0. The molecule has 1 amide bonds. The van der Waals surface area contributed by atoms with Crippen molar-refractivity contribution < 1.29 is 13.2 Å². The van der Waals surface area contributed by atoms with Crippen molar-refractivity contribution in [3.8, 4) is 5.69 Å². The van der Waals surface area contributed by atoms with Gasteiger partial charge < -0.3 is 4.57 Å². The molecule has 0 aliphatic rings. The standard InChI is InChI=1S/C14H14N4O3S/c1-10-9-11(5-6-12(10)18-7-3-4-8-18)13(19)16-14(15-2)17-22(20)21/h3-9H,1-2H3,(H,15,16,19). The zero-order valence-electron chi connectivity index (χ0n) is 12.0. The second-order valence-corrected chi connectivity index (χ2v) is 5.02. The Morgan fingerprint density at radius 3 is 2.45 bits per heavy atom. The summed E-state index contributed by atoms with van der Waals surface area (Å²) < 4.78 is 26.1. The van der Waals surface area contributed by atoms with Gasteiger partial charge in [-0.3, -0.25) is 15.1 Å². The van der Waals surface area contributed by atoms with E-state index in [-0.39, 0.29) is 5.96 Å². The molecule has 8 heteroatoms. The first-order valence-electron chi connectivity index (χ1n) is 6.34. The number of hydrogen-bond acceptors (Lipinski definition) is 4. The lowest BCUT2D eigenvalue weighted by molar-refractivity contribution is 0.0976. The van der Waals surface area contributed by atoms with Gasteiger partial charge in [-0.25, -0.2) is 0 Å². The van der Waals surface area contributed by atoms with Gasteiger partial charge in [0, 0.05) is 30.7 Å². The van der Waals surface area contributed by atoms with E-state index in [4.69, 9.17) is 0 Å². The highest BCUT2D eigenvalue weighted by Crippen LogP contribution is 2.16. The van der Waals surface area contributed by atoms with Crippen molar-refractivity contribution >= 4 is 22.4 Å². The third kappa shape index (κ3) is 3.67. The molecule has 0 unspecified atom stereocenters. The van der Waals surface area contributed by atoms with Crippen LogP contribution in [0.4, 0.5) is 0 Å². The Morgan fingerprint density at radius 2 is 1.91 bits per heavy atom. The van der Waals surface area contributed by atoms with Crippen molar-refractivity contribution in [1.82, 2.24) is 9.88 Å². The molecule has 7 nitrogen and oxygen atoms in total. The molecule has 1 N–H and O–H groups in total. The summed E-state index contributed by atoms with van der Waals surface area (Å²) in [7, 11) is -1.33. The Bertz CT molecular complexity index is 844. The fourth-order valence-corrected chi connectivity index (χ4v) is 2.21. The summed E-state index contributed by atoms with van der Waals surface area (Å²) in [5.41, 5.74) is 2.25. The number of aromatic nitrogens is 1. The van der Waals surface area contributed by atoms with Crippen LogP contribution in [0, 0.1) is 6.92 Å². The Balaban J connectivity index is 2.25. The molecule has 22 heavy (non-hydrogen) atoms. The molecule has 2 rings (SSSR count). The molecule has 0 fully saturated rings. The number of hydrogen-bond donors (Lipinski definition) is 1. The van der Waals surface area contributed by atoms with E-state index < -0.39 is 16.4 Å². The van der Waals surface area contributed by atoms with Gasteiger partial charge in [0.05, 0.1) is 0 Å². The van der Waals surface area contributed by atoms with Gasteiger partial charge >= 0.3 is 10.5 Å². The summed E-state index contributed by atoms with van der Waals surface area (Å²) in [5.74, 6) is -0.734. The van der Waals surface area contributed by atoms with E-state index in [0.717, 1.165) is 11.3 Å². The number of amides is 1. The molecular formula is C14H14N4O3S. The van der Waals surface area contributed by atoms with Crippen molar-refractivity contribution in [2.45, 2.75) is 6.92 Å². The predicted octanol–water partition coefficient (Wildman–Crippen LogP) is 1.56. The molecule has 0 bridgehead atoms. The number of benzene rings is 1. The Labute approximate surface area is 129 Å². The van der Waals surface area contributed by atoms with Crippen LogP contribution in [-0.2, 0) is 10.5 Å². The van der Waals surface area contributed by atoms with Crippen LogP contribution in [0.2, 0.25) is 0 Å². The van der Waals surface area contributed by atoms with Crippen molar-refractivity contribution in [3.05, 3.63) is 53.9 Å². The molecule has 1 heterocycles. The third-order valence-electron chi connectivity index (χ3n) is 2.94. The Kier molecular flexibility index (Phi) is 4.84. The van der Waals surface area contributed by atoms with Gasteiger partial charge in [0.1, 0.15) is 0 Å². The maximum atomic E-state index is 12.1. The molecule has 1 aromatic carbocycles. The second-order valence-electron chi connectivity index (χ2n) is 4.40. The predicted molar refractivity (Wildman–Crippen MR) is 82.7 cm³/mol. The first-order valence-corrected chi connectivity index (χ1v) is 7.37. The summed E-state index contributed by atoms with van der Waals surface area (Å²) in [6.07, 6.45) is 3.82. The van der Waals surface area contributed by atoms with E-state index in [0.29, 0.717) is 5.56 Å². The Hall–Kier alpha value is -2.74. The van der Waals surface area contributed by atoms with Gasteiger partial charge in [0.2, 0.25) is 5.96 Å². The summed E-state index contributed by atoms with van der Waals surface area (Å²) in [6, 6.07) is 9.00. The van der Waals surface area contributed by atoms with Crippen LogP contribution in [0.3, 0.4) is 0 Å². The number of nitrogens with zero attached hydrogens (tertiary/aromatic N) is 3. The van der Waals surface area contributed by atoms with Gasteiger partial charge in [-0.2, -0.15) is 8.42 Å². The number of aryl methyl sites for hydroxylation is 1. The van der Waals surface area contributed by atoms with E-state index in [1.165, 1.54) is 7.05 Å². The minimum atomic E-state index is -2.67. The zero-order chi connectivity index (χ0) is 16.1. The van der Waals surface area contributed by atoms with E-state index in [9.17, 15) is 13.2 Å². The Morgan fingerprint density at radius 1 is 1.23 bits per heavy atom. The maximum Gasteiger partial charge on any atom is 0.319 e. The minimum absolute atomic E-state index is 0.259. The molecule has 0 atom stereocenters. The number of carbonyl (C=O) groups excluding carboxylic acids is 1. The average molecular weight is 318 g/mol. The van der Waals surface area contributed by atoms with Gasteiger partial charge in [-0.1, -0.05) is 4.36 Å². The molecule has 0 saturated heterocycles. The average Bonchev–Trinajstić information content (AvgIpc) is 2.99. The number of carbonyl (C=O) groups is 1. The molecule has 0 aliphatic carbocycles. The van der Waals surface area contributed by atoms with Crippen LogP contribution in [-0.4, -0.2) is 31.9 Å². The fourth-order valence-electron chi connectivity index (χ4n) is 1.95. The van der Waals surface area contributed by atoms with Crippen molar-refractivity contribution in [2.75, 3.05) is 7.05 Å². The lowest BCUT2D eigenvalue weighted by Crippen LogP contribution is -2.29. The van der Waals surface area contributed by atoms with Gasteiger partial charge in [0.25, 0.3) is 5.91 Å². The van der Waals surface area contributed by atoms with E-state index in [1.54, 1.807) is 12.1 Å². The van der Waals surface area contributed by atoms with Gasteiger partial charge in [0.15, 0.2) is 0 Å².